The molecule has 1 aromatic heterocycles. The Morgan fingerprint density at radius 2 is 2.54 bits per heavy atom. The number of aromatic carboxylic acids is 1. The summed E-state index contributed by atoms with van der Waals surface area (Å²) in [5.41, 5.74) is 1.25. The number of carboxylic acids is 1. The van der Waals surface area contributed by atoms with Crippen LogP contribution in [0.2, 0.25) is 0 Å². The van der Waals surface area contributed by atoms with Crippen LogP contribution in [0.25, 0.3) is 0 Å². The number of hydrogen-bond donors (Lipinski definition) is 1. The topological polar surface area (TPSA) is 55.1 Å². The van der Waals surface area contributed by atoms with Crippen LogP contribution in [0, 0.1) is 5.92 Å². The second-order valence-electron chi connectivity index (χ2n) is 3.64. The van der Waals surface area contributed by atoms with Crippen molar-refractivity contribution < 1.29 is 9.90 Å². The van der Waals surface area contributed by atoms with Gasteiger partial charge in [0, 0.05) is 6.54 Å². The lowest BCUT2D eigenvalue weighted by Crippen LogP contribution is -2.19. The summed E-state index contributed by atoms with van der Waals surface area (Å²) >= 11 is 0. The Labute approximate surface area is 76.2 Å². The quantitative estimate of drug-likeness (QED) is 0.705. The first-order chi connectivity index (χ1) is 6.18. The molecule has 1 aliphatic rings. The molecular formula is C9H12N2O2. The van der Waals surface area contributed by atoms with Crippen molar-refractivity contribution in [1.29, 1.82) is 0 Å². The second kappa shape index (κ2) is 2.87. The van der Waals surface area contributed by atoms with E-state index in [1.165, 1.54) is 6.20 Å². The molecule has 0 bridgehead atoms. The number of fused-ring (bicyclic) bond motifs is 1. The Hall–Kier alpha value is -1.32. The van der Waals surface area contributed by atoms with Crippen LogP contribution in [0.4, 0.5) is 0 Å². The van der Waals surface area contributed by atoms with Crippen LogP contribution in [-0.2, 0) is 13.0 Å². The largest absolute Gasteiger partial charge is 0.478 e. The molecule has 0 spiro atoms. The Morgan fingerprint density at radius 3 is 3.23 bits per heavy atom. The molecule has 1 atom stereocenters. The van der Waals surface area contributed by atoms with E-state index in [-0.39, 0.29) is 0 Å². The van der Waals surface area contributed by atoms with Crippen LogP contribution < -0.4 is 0 Å². The van der Waals surface area contributed by atoms with Gasteiger partial charge in [0.1, 0.15) is 5.56 Å². The molecule has 70 valence electrons. The van der Waals surface area contributed by atoms with Gasteiger partial charge in [0.15, 0.2) is 0 Å². The summed E-state index contributed by atoms with van der Waals surface area (Å²) in [6.07, 6.45) is 3.35. The summed E-state index contributed by atoms with van der Waals surface area (Å²) in [6, 6.07) is 0. The minimum atomic E-state index is -0.865. The van der Waals surface area contributed by atoms with E-state index in [0.717, 1.165) is 25.1 Å². The Balaban J connectivity index is 2.39. The van der Waals surface area contributed by atoms with Crippen LogP contribution in [-0.4, -0.2) is 20.9 Å². The standard InChI is InChI=1S/C9H12N2O2/c1-6-2-3-8-7(9(12)13)4-10-11(8)5-6/h4,6H,2-3,5H2,1H3,(H,12,13). The molecule has 1 aromatic rings. The zero-order chi connectivity index (χ0) is 9.42. The van der Waals surface area contributed by atoms with Gasteiger partial charge in [-0.25, -0.2) is 4.79 Å². The van der Waals surface area contributed by atoms with Gasteiger partial charge in [-0.3, -0.25) is 4.68 Å². The van der Waals surface area contributed by atoms with Crippen molar-refractivity contribution in [2.45, 2.75) is 26.3 Å². The van der Waals surface area contributed by atoms with Gasteiger partial charge >= 0.3 is 5.97 Å². The number of nitrogens with zero attached hydrogens (tertiary/aromatic N) is 2. The molecule has 0 amide bonds. The first kappa shape index (κ1) is 8.29. The predicted molar refractivity (Wildman–Crippen MR) is 46.7 cm³/mol. The van der Waals surface area contributed by atoms with Gasteiger partial charge in [0.05, 0.1) is 11.9 Å². The van der Waals surface area contributed by atoms with E-state index in [2.05, 4.69) is 12.0 Å². The molecule has 4 nitrogen and oxygen atoms in total. The lowest BCUT2D eigenvalue weighted by molar-refractivity contribution is 0.0695. The lowest BCUT2D eigenvalue weighted by Gasteiger charge is -2.19. The van der Waals surface area contributed by atoms with Crippen LogP contribution in [0.3, 0.4) is 0 Å². The normalized spacial score (nSPS) is 21.2. The summed E-state index contributed by atoms with van der Waals surface area (Å²) in [7, 11) is 0. The second-order valence-corrected chi connectivity index (χ2v) is 3.64. The van der Waals surface area contributed by atoms with Gasteiger partial charge in [-0.15, -0.1) is 0 Å². The molecule has 13 heavy (non-hydrogen) atoms. The van der Waals surface area contributed by atoms with E-state index in [1.807, 2.05) is 4.68 Å². The summed E-state index contributed by atoms with van der Waals surface area (Å²) < 4.78 is 1.82. The number of rotatable bonds is 1. The van der Waals surface area contributed by atoms with E-state index in [9.17, 15) is 4.79 Å². The fourth-order valence-electron chi connectivity index (χ4n) is 1.78. The maximum absolute atomic E-state index is 10.8. The van der Waals surface area contributed by atoms with Gasteiger partial charge in [-0.1, -0.05) is 6.92 Å². The van der Waals surface area contributed by atoms with Crippen LogP contribution >= 0.6 is 0 Å². The summed E-state index contributed by atoms with van der Waals surface area (Å²) in [5, 5.41) is 12.9. The molecule has 0 aromatic carbocycles. The van der Waals surface area contributed by atoms with Crippen LogP contribution in [0.5, 0.6) is 0 Å². The molecule has 0 saturated heterocycles. The maximum atomic E-state index is 10.8. The fourth-order valence-corrected chi connectivity index (χ4v) is 1.78. The van der Waals surface area contributed by atoms with E-state index in [4.69, 9.17) is 5.11 Å². The SMILES string of the molecule is CC1CCc2c(C(=O)O)cnn2C1. The number of carbonyl (C=O) groups is 1. The van der Waals surface area contributed by atoms with Crippen molar-refractivity contribution in [2.75, 3.05) is 0 Å². The van der Waals surface area contributed by atoms with Crippen molar-refractivity contribution in [2.24, 2.45) is 5.92 Å². The zero-order valence-corrected chi connectivity index (χ0v) is 7.53. The minimum absolute atomic E-state index is 0.368. The molecule has 1 unspecified atom stereocenters. The van der Waals surface area contributed by atoms with E-state index >= 15 is 0 Å². The molecule has 0 aliphatic carbocycles. The third kappa shape index (κ3) is 1.32. The lowest BCUT2D eigenvalue weighted by atomic mass is 9.99. The van der Waals surface area contributed by atoms with Crippen LogP contribution in [0.15, 0.2) is 6.20 Å². The molecule has 0 saturated carbocycles. The molecule has 2 heterocycles. The maximum Gasteiger partial charge on any atom is 0.339 e. The predicted octanol–water partition coefficient (Wildman–Crippen LogP) is 1.16. The van der Waals surface area contributed by atoms with Crippen molar-refractivity contribution in [3.63, 3.8) is 0 Å². The fraction of sp³-hybridized carbons (Fsp3) is 0.556. The summed E-state index contributed by atoms with van der Waals surface area (Å²) in [4.78, 5) is 10.8. The highest BCUT2D eigenvalue weighted by atomic mass is 16.4. The van der Waals surface area contributed by atoms with Crippen molar-refractivity contribution in [1.82, 2.24) is 9.78 Å². The monoisotopic (exact) mass is 180 g/mol. The van der Waals surface area contributed by atoms with Gasteiger partial charge in [-0.2, -0.15) is 5.10 Å². The molecule has 2 rings (SSSR count). The average molecular weight is 180 g/mol. The minimum Gasteiger partial charge on any atom is -0.478 e. The van der Waals surface area contributed by atoms with Gasteiger partial charge in [0.25, 0.3) is 0 Å². The Bertz CT molecular complexity index is 343. The smallest absolute Gasteiger partial charge is 0.339 e. The Morgan fingerprint density at radius 1 is 1.77 bits per heavy atom. The molecule has 0 fully saturated rings. The first-order valence-corrected chi connectivity index (χ1v) is 4.46. The summed E-state index contributed by atoms with van der Waals surface area (Å²) in [6.45, 7) is 3.01. The molecule has 1 N–H and O–H groups in total. The first-order valence-electron chi connectivity index (χ1n) is 4.46. The molecule has 4 heteroatoms. The highest BCUT2D eigenvalue weighted by Crippen LogP contribution is 2.21. The van der Waals surface area contributed by atoms with Crippen LogP contribution in [0.1, 0.15) is 29.4 Å². The van der Waals surface area contributed by atoms with Gasteiger partial charge < -0.3 is 5.11 Å². The van der Waals surface area contributed by atoms with Crippen molar-refractivity contribution in [3.05, 3.63) is 17.5 Å². The third-order valence-corrected chi connectivity index (χ3v) is 2.54. The van der Waals surface area contributed by atoms with E-state index < -0.39 is 5.97 Å². The number of carboxylic acid groups (broad SMARTS) is 1. The van der Waals surface area contributed by atoms with Crippen molar-refractivity contribution >= 4 is 5.97 Å². The van der Waals surface area contributed by atoms with Gasteiger partial charge in [0.2, 0.25) is 0 Å². The van der Waals surface area contributed by atoms with E-state index in [1.54, 1.807) is 0 Å². The molecular weight excluding hydrogens is 168 g/mol. The molecule has 0 radical (unpaired) electrons. The highest BCUT2D eigenvalue weighted by molar-refractivity contribution is 5.88. The van der Waals surface area contributed by atoms with Crippen molar-refractivity contribution in [3.8, 4) is 0 Å². The zero-order valence-electron chi connectivity index (χ0n) is 7.53. The number of aromatic nitrogens is 2. The van der Waals surface area contributed by atoms with Gasteiger partial charge in [-0.05, 0) is 18.8 Å². The summed E-state index contributed by atoms with van der Waals surface area (Å²) in [5.74, 6) is -0.259. The number of hydrogen-bond acceptors (Lipinski definition) is 2. The Kier molecular flexibility index (Phi) is 1.83. The third-order valence-electron chi connectivity index (χ3n) is 2.54. The highest BCUT2D eigenvalue weighted by Gasteiger charge is 2.21. The van der Waals surface area contributed by atoms with E-state index in [0.29, 0.717) is 11.5 Å². The average Bonchev–Trinajstić information content (AvgIpc) is 2.46. The molecule has 1 aliphatic heterocycles.